The Morgan fingerprint density at radius 1 is 1.21 bits per heavy atom. The first kappa shape index (κ1) is 13.7. The Labute approximate surface area is 121 Å². The van der Waals surface area contributed by atoms with Crippen LogP contribution in [0.1, 0.15) is 58.3 Å². The van der Waals surface area contributed by atoms with Crippen molar-refractivity contribution in [3.8, 4) is 0 Å². The van der Waals surface area contributed by atoms with Gasteiger partial charge >= 0.3 is 0 Å². The first-order valence-electron chi connectivity index (χ1n) is 8.00. The zero-order valence-electron chi connectivity index (χ0n) is 12.0. The van der Waals surface area contributed by atoms with Crippen molar-refractivity contribution in [1.29, 1.82) is 0 Å². The summed E-state index contributed by atoms with van der Waals surface area (Å²) in [5.74, 6) is 2.90. The lowest BCUT2D eigenvalue weighted by Crippen LogP contribution is -2.53. The molecule has 0 spiro atoms. The van der Waals surface area contributed by atoms with Crippen LogP contribution in [0.5, 0.6) is 0 Å². The van der Waals surface area contributed by atoms with Gasteiger partial charge in [0.1, 0.15) is 0 Å². The van der Waals surface area contributed by atoms with Crippen molar-refractivity contribution in [2.24, 2.45) is 23.2 Å². The van der Waals surface area contributed by atoms with Crippen LogP contribution in [-0.4, -0.2) is 17.8 Å². The van der Waals surface area contributed by atoms with E-state index in [1.165, 1.54) is 19.3 Å². The number of alkyl halides is 1. The highest BCUT2D eigenvalue weighted by Crippen LogP contribution is 2.60. The first-order chi connectivity index (χ1) is 9.07. The Morgan fingerprint density at radius 3 is 2.21 bits per heavy atom. The topological polar surface area (TPSA) is 29.1 Å². The molecule has 3 heteroatoms. The normalized spacial score (nSPS) is 41.3. The van der Waals surface area contributed by atoms with E-state index in [1.807, 2.05) is 6.92 Å². The van der Waals surface area contributed by atoms with Gasteiger partial charge in [0.2, 0.25) is 5.91 Å². The average Bonchev–Trinajstić information content (AvgIpc) is 2.32. The molecule has 108 valence electrons. The Kier molecular flexibility index (Phi) is 3.81. The lowest BCUT2D eigenvalue weighted by molar-refractivity contribution is -0.146. The molecule has 4 fully saturated rings. The van der Waals surface area contributed by atoms with Gasteiger partial charge in [0, 0.05) is 17.3 Å². The van der Waals surface area contributed by atoms with Gasteiger partial charge in [-0.2, -0.15) is 0 Å². The van der Waals surface area contributed by atoms with Gasteiger partial charge in [-0.05, 0) is 76.0 Å². The van der Waals surface area contributed by atoms with Gasteiger partial charge < -0.3 is 5.32 Å². The zero-order valence-corrected chi connectivity index (χ0v) is 12.7. The molecule has 19 heavy (non-hydrogen) atoms. The fourth-order valence-corrected chi connectivity index (χ4v) is 5.32. The molecule has 4 rings (SSSR count). The molecule has 0 heterocycles. The predicted molar refractivity (Wildman–Crippen MR) is 78.2 cm³/mol. The molecule has 4 bridgehead atoms. The standard InChI is InChI=1S/C16H26ClNO/c1-11(17)3-2-4-18-15(19)16-8-12-5-13(9-16)7-14(6-12)10-16/h11-14H,2-10H2,1H3,(H,18,19). The van der Waals surface area contributed by atoms with Crippen LogP contribution >= 0.6 is 11.6 Å². The summed E-state index contributed by atoms with van der Waals surface area (Å²) in [6.07, 6.45) is 9.68. The quantitative estimate of drug-likeness (QED) is 0.605. The molecular weight excluding hydrogens is 258 g/mol. The number of halogens is 1. The largest absolute Gasteiger partial charge is 0.356 e. The molecule has 4 aliphatic rings. The fourth-order valence-electron chi connectivity index (χ4n) is 5.16. The molecular formula is C16H26ClNO. The van der Waals surface area contributed by atoms with Crippen molar-refractivity contribution >= 4 is 17.5 Å². The first-order valence-corrected chi connectivity index (χ1v) is 8.43. The van der Waals surface area contributed by atoms with E-state index >= 15 is 0 Å². The van der Waals surface area contributed by atoms with Gasteiger partial charge in [-0.3, -0.25) is 4.79 Å². The number of rotatable bonds is 5. The molecule has 0 aromatic heterocycles. The van der Waals surface area contributed by atoms with Gasteiger partial charge in [0.25, 0.3) is 0 Å². The maximum absolute atomic E-state index is 12.6. The average molecular weight is 284 g/mol. The summed E-state index contributed by atoms with van der Waals surface area (Å²) < 4.78 is 0. The minimum Gasteiger partial charge on any atom is -0.356 e. The third-order valence-electron chi connectivity index (χ3n) is 5.58. The number of carbonyl (C=O) groups excluding carboxylic acids is 1. The summed E-state index contributed by atoms with van der Waals surface area (Å²) in [6, 6.07) is 0. The SMILES string of the molecule is CC(Cl)CCCNC(=O)C12CC3CC(CC(C3)C1)C2. The van der Waals surface area contributed by atoms with E-state index in [0.29, 0.717) is 5.91 Å². The van der Waals surface area contributed by atoms with Crippen LogP contribution in [0.25, 0.3) is 0 Å². The van der Waals surface area contributed by atoms with Crippen molar-refractivity contribution in [1.82, 2.24) is 5.32 Å². The van der Waals surface area contributed by atoms with Crippen molar-refractivity contribution < 1.29 is 4.79 Å². The van der Waals surface area contributed by atoms with E-state index in [4.69, 9.17) is 11.6 Å². The highest BCUT2D eigenvalue weighted by molar-refractivity contribution is 6.20. The number of amides is 1. The molecule has 1 N–H and O–H groups in total. The molecule has 1 unspecified atom stereocenters. The maximum Gasteiger partial charge on any atom is 0.226 e. The van der Waals surface area contributed by atoms with E-state index < -0.39 is 0 Å². The number of hydrogen-bond donors (Lipinski definition) is 1. The second-order valence-corrected chi connectivity index (χ2v) is 8.12. The molecule has 0 aliphatic heterocycles. The third kappa shape index (κ3) is 2.79. The van der Waals surface area contributed by atoms with Crippen molar-refractivity contribution in [2.75, 3.05) is 6.54 Å². The zero-order chi connectivity index (χ0) is 13.5. The van der Waals surface area contributed by atoms with Gasteiger partial charge in [0.05, 0.1) is 0 Å². The van der Waals surface area contributed by atoms with E-state index in [2.05, 4.69) is 5.32 Å². The third-order valence-corrected chi connectivity index (χ3v) is 5.80. The summed E-state index contributed by atoms with van der Waals surface area (Å²) in [4.78, 5) is 12.6. The summed E-state index contributed by atoms with van der Waals surface area (Å²) in [6.45, 7) is 2.82. The highest BCUT2D eigenvalue weighted by atomic mass is 35.5. The Hall–Kier alpha value is -0.240. The molecule has 4 saturated carbocycles. The summed E-state index contributed by atoms with van der Waals surface area (Å²) in [5.41, 5.74) is 0.0152. The van der Waals surface area contributed by atoms with Crippen molar-refractivity contribution in [3.63, 3.8) is 0 Å². The Bertz CT molecular complexity index is 317. The van der Waals surface area contributed by atoms with Crippen LogP contribution < -0.4 is 5.32 Å². The lowest BCUT2D eigenvalue weighted by atomic mass is 9.49. The molecule has 0 saturated heterocycles. The molecule has 0 aromatic rings. The maximum atomic E-state index is 12.6. The van der Waals surface area contributed by atoms with Gasteiger partial charge in [-0.1, -0.05) is 0 Å². The van der Waals surface area contributed by atoms with Gasteiger partial charge in [-0.25, -0.2) is 0 Å². The van der Waals surface area contributed by atoms with Crippen LogP contribution in [0.2, 0.25) is 0 Å². The molecule has 0 radical (unpaired) electrons. The number of carbonyl (C=O) groups is 1. The van der Waals surface area contributed by atoms with Crippen LogP contribution in [0.4, 0.5) is 0 Å². The van der Waals surface area contributed by atoms with Crippen LogP contribution in [0.15, 0.2) is 0 Å². The second-order valence-electron chi connectivity index (χ2n) is 7.38. The van der Waals surface area contributed by atoms with Gasteiger partial charge in [0.15, 0.2) is 0 Å². The van der Waals surface area contributed by atoms with E-state index in [1.54, 1.807) is 0 Å². The molecule has 2 nitrogen and oxygen atoms in total. The summed E-state index contributed by atoms with van der Waals surface area (Å²) >= 11 is 5.94. The van der Waals surface area contributed by atoms with Crippen LogP contribution in [0.3, 0.4) is 0 Å². The minimum atomic E-state index is 0.0152. The predicted octanol–water partition coefficient (Wildman–Crippen LogP) is 3.73. The minimum absolute atomic E-state index is 0.0152. The lowest BCUT2D eigenvalue weighted by Gasteiger charge is -2.55. The van der Waals surface area contributed by atoms with Crippen molar-refractivity contribution in [2.45, 2.75) is 63.7 Å². The van der Waals surface area contributed by atoms with E-state index in [0.717, 1.165) is 56.4 Å². The molecule has 1 atom stereocenters. The van der Waals surface area contributed by atoms with E-state index in [9.17, 15) is 4.79 Å². The van der Waals surface area contributed by atoms with Crippen LogP contribution in [0, 0.1) is 23.2 Å². The number of nitrogens with one attached hydrogen (secondary N) is 1. The molecule has 0 aromatic carbocycles. The Morgan fingerprint density at radius 2 is 1.74 bits per heavy atom. The highest BCUT2D eigenvalue weighted by Gasteiger charge is 2.54. The number of hydrogen-bond acceptors (Lipinski definition) is 1. The monoisotopic (exact) mass is 283 g/mol. The Balaban J connectivity index is 1.54. The molecule has 1 amide bonds. The smallest absolute Gasteiger partial charge is 0.226 e. The van der Waals surface area contributed by atoms with E-state index in [-0.39, 0.29) is 10.8 Å². The van der Waals surface area contributed by atoms with Crippen LogP contribution in [-0.2, 0) is 4.79 Å². The fraction of sp³-hybridized carbons (Fsp3) is 0.938. The van der Waals surface area contributed by atoms with Crippen molar-refractivity contribution in [3.05, 3.63) is 0 Å². The second kappa shape index (κ2) is 5.27. The molecule has 4 aliphatic carbocycles. The summed E-state index contributed by atoms with van der Waals surface area (Å²) in [7, 11) is 0. The van der Waals surface area contributed by atoms with Gasteiger partial charge in [-0.15, -0.1) is 11.6 Å². The summed E-state index contributed by atoms with van der Waals surface area (Å²) in [5, 5.41) is 3.42.